The summed E-state index contributed by atoms with van der Waals surface area (Å²) in [7, 11) is 0. The molecule has 0 aliphatic carbocycles. The predicted molar refractivity (Wildman–Crippen MR) is 59.9 cm³/mol. The maximum absolute atomic E-state index is 11.3. The third-order valence-electron chi connectivity index (χ3n) is 2.69. The molecule has 0 heterocycles. The highest BCUT2D eigenvalue weighted by atomic mass is 16.1. The minimum absolute atomic E-state index is 0.151. The van der Waals surface area contributed by atoms with Crippen molar-refractivity contribution < 1.29 is 4.79 Å². The Hall–Kier alpha value is -1.11. The number of aryl methyl sites for hydroxylation is 1. The Bertz CT molecular complexity index is 339. The van der Waals surface area contributed by atoms with Crippen LogP contribution in [0.15, 0.2) is 18.2 Å². The first-order valence-corrected chi connectivity index (χ1v) is 5.17. The van der Waals surface area contributed by atoms with Crippen molar-refractivity contribution in [3.63, 3.8) is 0 Å². The molecule has 0 N–H and O–H groups in total. The van der Waals surface area contributed by atoms with Gasteiger partial charge in [0.1, 0.15) is 0 Å². The molecule has 0 saturated heterocycles. The molecule has 1 nitrogen and oxygen atoms in total. The van der Waals surface area contributed by atoms with Crippen molar-refractivity contribution in [3.8, 4) is 0 Å². The number of Topliss-reactive ketones (excluding diaryl/α,β-unsaturated/α-hetero) is 1. The molecule has 0 radical (unpaired) electrons. The first-order chi connectivity index (χ1) is 6.54. The van der Waals surface area contributed by atoms with Crippen LogP contribution < -0.4 is 0 Å². The Morgan fingerprint density at radius 2 is 2.00 bits per heavy atom. The van der Waals surface area contributed by atoms with Crippen LogP contribution in [0, 0.1) is 6.92 Å². The van der Waals surface area contributed by atoms with Crippen LogP contribution in [0.25, 0.3) is 0 Å². The fraction of sp³-hybridized carbons (Fsp3) is 0.462. The second kappa shape index (κ2) is 4.41. The van der Waals surface area contributed by atoms with Crippen LogP contribution in [0.4, 0.5) is 0 Å². The summed E-state index contributed by atoms with van der Waals surface area (Å²) in [5.41, 5.74) is 3.28. The van der Waals surface area contributed by atoms with Crippen LogP contribution >= 0.6 is 0 Å². The lowest BCUT2D eigenvalue weighted by atomic mass is 9.94. The van der Waals surface area contributed by atoms with Gasteiger partial charge in [-0.1, -0.05) is 25.5 Å². The van der Waals surface area contributed by atoms with Gasteiger partial charge in [0.15, 0.2) is 5.78 Å². The van der Waals surface area contributed by atoms with Gasteiger partial charge in [-0.15, -0.1) is 0 Å². The Kier molecular flexibility index (Phi) is 3.45. The summed E-state index contributed by atoms with van der Waals surface area (Å²) < 4.78 is 0. The van der Waals surface area contributed by atoms with E-state index >= 15 is 0 Å². The highest BCUT2D eigenvalue weighted by Gasteiger charge is 2.07. The molecule has 0 spiro atoms. The standard InChI is InChI=1S/C13H18O/c1-5-10(3)12-6-9(2)7-13(8-12)11(4)14/h6-8,10H,5H2,1-4H3. The predicted octanol–water partition coefficient (Wildman–Crippen LogP) is 3.71. The van der Waals surface area contributed by atoms with Crippen molar-refractivity contribution in [1.82, 2.24) is 0 Å². The molecule has 0 aliphatic heterocycles. The van der Waals surface area contributed by atoms with E-state index in [2.05, 4.69) is 19.9 Å². The molecule has 0 aliphatic rings. The van der Waals surface area contributed by atoms with Gasteiger partial charge in [-0.2, -0.15) is 0 Å². The van der Waals surface area contributed by atoms with Crippen molar-refractivity contribution in [3.05, 3.63) is 34.9 Å². The summed E-state index contributed by atoms with van der Waals surface area (Å²) in [6, 6.07) is 6.14. The van der Waals surface area contributed by atoms with E-state index in [-0.39, 0.29) is 5.78 Å². The first-order valence-electron chi connectivity index (χ1n) is 5.17. The van der Waals surface area contributed by atoms with E-state index in [0.717, 1.165) is 12.0 Å². The van der Waals surface area contributed by atoms with Gasteiger partial charge in [0.25, 0.3) is 0 Å². The molecular weight excluding hydrogens is 172 g/mol. The second-order valence-electron chi connectivity index (χ2n) is 4.00. The minimum atomic E-state index is 0.151. The number of benzene rings is 1. The molecule has 0 aromatic heterocycles. The molecule has 1 unspecified atom stereocenters. The molecular formula is C13H18O. The van der Waals surface area contributed by atoms with Gasteiger partial charge >= 0.3 is 0 Å². The van der Waals surface area contributed by atoms with E-state index < -0.39 is 0 Å². The van der Waals surface area contributed by atoms with Gasteiger partial charge in [0, 0.05) is 5.56 Å². The largest absolute Gasteiger partial charge is 0.295 e. The summed E-state index contributed by atoms with van der Waals surface area (Å²) in [6.45, 7) is 8.02. The Labute approximate surface area is 86.1 Å². The molecule has 0 amide bonds. The van der Waals surface area contributed by atoms with Crippen LogP contribution in [-0.4, -0.2) is 5.78 Å². The zero-order valence-corrected chi connectivity index (χ0v) is 9.42. The summed E-state index contributed by atoms with van der Waals surface area (Å²) >= 11 is 0. The van der Waals surface area contributed by atoms with E-state index in [1.54, 1.807) is 6.92 Å². The molecule has 0 saturated carbocycles. The number of hydrogen-bond acceptors (Lipinski definition) is 1. The van der Waals surface area contributed by atoms with E-state index in [4.69, 9.17) is 0 Å². The van der Waals surface area contributed by atoms with Gasteiger partial charge < -0.3 is 0 Å². The average Bonchev–Trinajstić information content (AvgIpc) is 2.15. The van der Waals surface area contributed by atoms with Crippen LogP contribution in [-0.2, 0) is 0 Å². The fourth-order valence-electron chi connectivity index (χ4n) is 1.54. The SMILES string of the molecule is CCC(C)c1cc(C)cc(C(C)=O)c1. The quantitative estimate of drug-likeness (QED) is 0.664. The normalized spacial score (nSPS) is 12.6. The van der Waals surface area contributed by atoms with Crippen LogP contribution in [0.2, 0.25) is 0 Å². The van der Waals surface area contributed by atoms with Gasteiger partial charge in [0.05, 0.1) is 0 Å². The van der Waals surface area contributed by atoms with Gasteiger partial charge in [-0.05, 0) is 43.9 Å². The van der Waals surface area contributed by atoms with E-state index in [1.165, 1.54) is 11.1 Å². The Morgan fingerprint density at radius 1 is 1.36 bits per heavy atom. The lowest BCUT2D eigenvalue weighted by Crippen LogP contribution is -1.98. The Balaban J connectivity index is 3.13. The highest BCUT2D eigenvalue weighted by Crippen LogP contribution is 2.21. The molecule has 1 aromatic rings. The second-order valence-corrected chi connectivity index (χ2v) is 4.00. The molecule has 1 heteroatoms. The summed E-state index contributed by atoms with van der Waals surface area (Å²) in [4.78, 5) is 11.3. The van der Waals surface area contributed by atoms with E-state index in [9.17, 15) is 4.79 Å². The third-order valence-corrected chi connectivity index (χ3v) is 2.69. The van der Waals surface area contributed by atoms with Crippen LogP contribution in [0.5, 0.6) is 0 Å². The number of carbonyl (C=O) groups is 1. The lowest BCUT2D eigenvalue weighted by Gasteiger charge is -2.11. The van der Waals surface area contributed by atoms with E-state index in [1.807, 2.05) is 19.1 Å². The Morgan fingerprint density at radius 3 is 2.50 bits per heavy atom. The van der Waals surface area contributed by atoms with Crippen LogP contribution in [0.3, 0.4) is 0 Å². The molecule has 14 heavy (non-hydrogen) atoms. The number of hydrogen-bond donors (Lipinski definition) is 0. The van der Waals surface area contributed by atoms with Crippen molar-refractivity contribution in [2.75, 3.05) is 0 Å². The van der Waals surface area contributed by atoms with E-state index in [0.29, 0.717) is 5.92 Å². The topological polar surface area (TPSA) is 17.1 Å². The zero-order valence-electron chi connectivity index (χ0n) is 9.42. The van der Waals surface area contributed by atoms with Gasteiger partial charge in [0.2, 0.25) is 0 Å². The number of ketones is 1. The summed E-state index contributed by atoms with van der Waals surface area (Å²) in [6.07, 6.45) is 1.11. The third kappa shape index (κ3) is 2.44. The summed E-state index contributed by atoms with van der Waals surface area (Å²) in [5.74, 6) is 0.686. The molecule has 1 rings (SSSR count). The monoisotopic (exact) mass is 190 g/mol. The molecule has 0 bridgehead atoms. The molecule has 1 atom stereocenters. The zero-order chi connectivity index (χ0) is 10.7. The van der Waals surface area contributed by atoms with Crippen molar-refractivity contribution in [2.45, 2.75) is 40.0 Å². The maximum atomic E-state index is 11.3. The van der Waals surface area contributed by atoms with Crippen LogP contribution in [0.1, 0.15) is 54.6 Å². The van der Waals surface area contributed by atoms with Crippen molar-refractivity contribution in [2.24, 2.45) is 0 Å². The molecule has 76 valence electrons. The number of rotatable bonds is 3. The fourth-order valence-corrected chi connectivity index (χ4v) is 1.54. The smallest absolute Gasteiger partial charge is 0.159 e. The average molecular weight is 190 g/mol. The maximum Gasteiger partial charge on any atom is 0.159 e. The first kappa shape index (κ1) is 11.0. The number of carbonyl (C=O) groups excluding carboxylic acids is 1. The van der Waals surface area contributed by atoms with Crippen molar-refractivity contribution >= 4 is 5.78 Å². The van der Waals surface area contributed by atoms with Crippen molar-refractivity contribution in [1.29, 1.82) is 0 Å². The minimum Gasteiger partial charge on any atom is -0.295 e. The highest BCUT2D eigenvalue weighted by molar-refractivity contribution is 5.94. The van der Waals surface area contributed by atoms with Gasteiger partial charge in [-0.3, -0.25) is 4.79 Å². The summed E-state index contributed by atoms with van der Waals surface area (Å²) in [5, 5.41) is 0. The molecule has 1 aromatic carbocycles. The van der Waals surface area contributed by atoms with Gasteiger partial charge in [-0.25, -0.2) is 0 Å². The lowest BCUT2D eigenvalue weighted by molar-refractivity contribution is 0.101. The molecule has 0 fully saturated rings.